The SMILES string of the molecule is CC(C)CCCC(C=N)C(=N)C1=CC=CC(NC(=O)c2cc([N+](=O)[O-])c(F)cc2F)N1. The van der Waals surface area contributed by atoms with E-state index in [9.17, 15) is 23.7 Å². The van der Waals surface area contributed by atoms with Crippen LogP contribution in [-0.2, 0) is 0 Å². The minimum absolute atomic E-state index is 0.186. The third-order valence-electron chi connectivity index (χ3n) is 4.80. The highest BCUT2D eigenvalue weighted by Crippen LogP contribution is 2.22. The summed E-state index contributed by atoms with van der Waals surface area (Å²) in [5.41, 5.74) is -1.08. The molecule has 0 aliphatic carbocycles. The predicted octanol–water partition coefficient (Wildman–Crippen LogP) is 4.08. The number of benzene rings is 1. The van der Waals surface area contributed by atoms with Crippen LogP contribution in [0.3, 0.4) is 0 Å². The molecule has 8 nitrogen and oxygen atoms in total. The first-order chi connectivity index (χ1) is 14.6. The Hall–Kier alpha value is -3.43. The summed E-state index contributed by atoms with van der Waals surface area (Å²) in [4.78, 5) is 22.2. The summed E-state index contributed by atoms with van der Waals surface area (Å²) in [6.07, 6.45) is 7.66. The lowest BCUT2D eigenvalue weighted by molar-refractivity contribution is -0.387. The zero-order chi connectivity index (χ0) is 23.1. The summed E-state index contributed by atoms with van der Waals surface area (Å²) in [5, 5.41) is 32.2. The van der Waals surface area contributed by atoms with Gasteiger partial charge in [-0.05, 0) is 24.5 Å². The quantitative estimate of drug-likeness (QED) is 0.251. The van der Waals surface area contributed by atoms with Gasteiger partial charge in [0.25, 0.3) is 5.91 Å². The summed E-state index contributed by atoms with van der Waals surface area (Å²) < 4.78 is 27.5. The van der Waals surface area contributed by atoms with E-state index in [-0.39, 0.29) is 5.71 Å². The van der Waals surface area contributed by atoms with Crippen LogP contribution >= 0.6 is 0 Å². The molecule has 1 heterocycles. The van der Waals surface area contributed by atoms with E-state index in [0.717, 1.165) is 12.8 Å². The molecule has 1 aliphatic rings. The van der Waals surface area contributed by atoms with Gasteiger partial charge >= 0.3 is 5.69 Å². The molecule has 4 N–H and O–H groups in total. The summed E-state index contributed by atoms with van der Waals surface area (Å²) in [5.74, 6) is -3.44. The van der Waals surface area contributed by atoms with Crippen molar-refractivity contribution in [2.75, 3.05) is 0 Å². The van der Waals surface area contributed by atoms with Gasteiger partial charge in [-0.3, -0.25) is 14.9 Å². The number of amides is 1. The number of nitrogens with one attached hydrogen (secondary N) is 4. The van der Waals surface area contributed by atoms with Gasteiger partial charge in [0.05, 0.1) is 21.9 Å². The fourth-order valence-electron chi connectivity index (χ4n) is 3.11. The summed E-state index contributed by atoms with van der Waals surface area (Å²) >= 11 is 0. The van der Waals surface area contributed by atoms with Crippen molar-refractivity contribution >= 4 is 23.5 Å². The Labute approximate surface area is 178 Å². The van der Waals surface area contributed by atoms with Gasteiger partial charge in [-0.15, -0.1) is 0 Å². The Morgan fingerprint density at radius 1 is 1.32 bits per heavy atom. The molecule has 1 aromatic rings. The number of nitro benzene ring substituents is 1. The van der Waals surface area contributed by atoms with E-state index in [1.54, 1.807) is 18.2 Å². The Bertz CT molecular complexity index is 943. The Morgan fingerprint density at radius 2 is 2.03 bits per heavy atom. The van der Waals surface area contributed by atoms with E-state index in [0.29, 0.717) is 30.2 Å². The third-order valence-corrected chi connectivity index (χ3v) is 4.80. The van der Waals surface area contributed by atoms with Gasteiger partial charge in [-0.2, -0.15) is 4.39 Å². The molecule has 0 saturated carbocycles. The molecule has 2 atom stereocenters. The normalized spacial score (nSPS) is 16.3. The predicted molar refractivity (Wildman–Crippen MR) is 113 cm³/mol. The van der Waals surface area contributed by atoms with Crippen molar-refractivity contribution in [3.8, 4) is 0 Å². The molecule has 1 aliphatic heterocycles. The van der Waals surface area contributed by atoms with Crippen molar-refractivity contribution in [2.45, 2.75) is 39.3 Å². The van der Waals surface area contributed by atoms with E-state index in [1.165, 1.54) is 6.21 Å². The van der Waals surface area contributed by atoms with E-state index in [2.05, 4.69) is 24.5 Å². The molecule has 31 heavy (non-hydrogen) atoms. The molecule has 2 unspecified atom stereocenters. The van der Waals surface area contributed by atoms with Crippen molar-refractivity contribution in [1.82, 2.24) is 10.6 Å². The van der Waals surface area contributed by atoms with Crippen molar-refractivity contribution in [3.05, 3.63) is 63.4 Å². The first-order valence-electron chi connectivity index (χ1n) is 9.82. The van der Waals surface area contributed by atoms with E-state index in [4.69, 9.17) is 10.8 Å². The molecule has 0 fully saturated rings. The van der Waals surface area contributed by atoms with Crippen LogP contribution in [-0.4, -0.2) is 28.9 Å². The lowest BCUT2D eigenvalue weighted by Gasteiger charge is -2.25. The van der Waals surface area contributed by atoms with Crippen molar-refractivity contribution in [3.63, 3.8) is 0 Å². The minimum Gasteiger partial charge on any atom is -0.361 e. The van der Waals surface area contributed by atoms with E-state index >= 15 is 0 Å². The van der Waals surface area contributed by atoms with Gasteiger partial charge in [-0.25, -0.2) is 4.39 Å². The van der Waals surface area contributed by atoms with Gasteiger partial charge in [0.2, 0.25) is 5.82 Å². The van der Waals surface area contributed by atoms with Crippen molar-refractivity contribution < 1.29 is 18.5 Å². The van der Waals surface area contributed by atoms with Gasteiger partial charge in [0.1, 0.15) is 12.0 Å². The number of nitro groups is 1. The highest BCUT2D eigenvalue weighted by Gasteiger charge is 2.25. The second kappa shape index (κ2) is 10.6. The largest absolute Gasteiger partial charge is 0.361 e. The van der Waals surface area contributed by atoms with Crippen LogP contribution in [0.1, 0.15) is 43.5 Å². The van der Waals surface area contributed by atoms with Crippen LogP contribution in [0.4, 0.5) is 14.5 Å². The molecule has 0 radical (unpaired) electrons. The van der Waals surface area contributed by atoms with Crippen LogP contribution in [0.25, 0.3) is 0 Å². The number of halogens is 2. The summed E-state index contributed by atoms with van der Waals surface area (Å²) in [7, 11) is 0. The van der Waals surface area contributed by atoms with Crippen LogP contribution in [0.2, 0.25) is 0 Å². The maximum atomic E-state index is 14.0. The molecule has 166 valence electrons. The first-order valence-corrected chi connectivity index (χ1v) is 9.82. The number of carbonyl (C=O) groups excluding carboxylic acids is 1. The number of hydrogen-bond donors (Lipinski definition) is 4. The zero-order valence-corrected chi connectivity index (χ0v) is 17.2. The first kappa shape index (κ1) is 23.8. The second-order valence-corrected chi connectivity index (χ2v) is 7.61. The Morgan fingerprint density at radius 3 is 2.65 bits per heavy atom. The van der Waals surface area contributed by atoms with Gasteiger partial charge in [-0.1, -0.05) is 32.8 Å². The number of carbonyl (C=O) groups is 1. The number of allylic oxidation sites excluding steroid dienone is 3. The lowest BCUT2D eigenvalue weighted by Crippen LogP contribution is -2.46. The van der Waals surface area contributed by atoms with Gasteiger partial charge < -0.3 is 21.5 Å². The monoisotopic (exact) mass is 433 g/mol. The zero-order valence-electron chi connectivity index (χ0n) is 17.2. The average molecular weight is 433 g/mol. The Balaban J connectivity index is 2.07. The van der Waals surface area contributed by atoms with Crippen LogP contribution in [0, 0.1) is 44.4 Å². The fourth-order valence-corrected chi connectivity index (χ4v) is 3.11. The Kier molecular flexibility index (Phi) is 8.12. The molecular weight excluding hydrogens is 408 g/mol. The van der Waals surface area contributed by atoms with Crippen LogP contribution in [0.5, 0.6) is 0 Å². The average Bonchev–Trinajstić information content (AvgIpc) is 2.70. The van der Waals surface area contributed by atoms with Gasteiger partial charge in [0.15, 0.2) is 0 Å². The van der Waals surface area contributed by atoms with E-state index < -0.39 is 45.8 Å². The fraction of sp³-hybridized carbons (Fsp3) is 0.381. The smallest absolute Gasteiger partial charge is 0.305 e. The number of rotatable bonds is 10. The summed E-state index contributed by atoms with van der Waals surface area (Å²) in [6.45, 7) is 4.21. The van der Waals surface area contributed by atoms with Crippen LogP contribution in [0.15, 0.2) is 36.1 Å². The molecule has 0 spiro atoms. The maximum absolute atomic E-state index is 14.0. The van der Waals surface area contributed by atoms with Gasteiger partial charge in [0, 0.05) is 24.3 Å². The molecule has 0 saturated heterocycles. The molecule has 1 aromatic carbocycles. The minimum atomic E-state index is -1.37. The maximum Gasteiger partial charge on any atom is 0.305 e. The molecule has 2 rings (SSSR count). The molecule has 0 bridgehead atoms. The molecule has 10 heteroatoms. The number of dihydropyridines is 1. The standard InChI is InChI=1S/C21H25F2N5O3/c1-12(2)5-3-6-13(11-24)20(25)17-7-4-8-19(26-17)27-21(29)14-9-18(28(30)31)16(23)10-15(14)22/h4,7-13,19,24-26H,3,5-6H2,1-2H3,(H,27,29). The molecule has 1 amide bonds. The van der Waals surface area contributed by atoms with E-state index in [1.807, 2.05) is 0 Å². The topological polar surface area (TPSA) is 132 Å². The lowest BCUT2D eigenvalue weighted by atomic mass is 9.93. The number of nitrogens with zero attached hydrogens (tertiary/aromatic N) is 1. The number of hydrogen-bond acceptors (Lipinski definition) is 6. The third kappa shape index (κ3) is 6.27. The van der Waals surface area contributed by atoms with Crippen LogP contribution < -0.4 is 10.6 Å². The van der Waals surface area contributed by atoms with Crippen molar-refractivity contribution in [1.29, 1.82) is 10.8 Å². The van der Waals surface area contributed by atoms with Crippen molar-refractivity contribution in [2.24, 2.45) is 11.8 Å². The molecular formula is C21H25F2N5O3. The second-order valence-electron chi connectivity index (χ2n) is 7.61. The highest BCUT2D eigenvalue weighted by atomic mass is 19.1. The summed E-state index contributed by atoms with van der Waals surface area (Å²) in [6, 6.07) is 0.842. The highest BCUT2D eigenvalue weighted by molar-refractivity contribution is 6.07. The molecule has 0 aromatic heterocycles.